The highest BCUT2D eigenvalue weighted by Crippen LogP contribution is 2.20. The van der Waals surface area contributed by atoms with E-state index >= 15 is 0 Å². The third kappa shape index (κ3) is 6.75. The summed E-state index contributed by atoms with van der Waals surface area (Å²) in [5.74, 6) is -2.90. The van der Waals surface area contributed by atoms with Gasteiger partial charge in [-0.25, -0.2) is 13.6 Å². The second-order valence-corrected chi connectivity index (χ2v) is 8.38. The maximum absolute atomic E-state index is 13.7. The first-order valence-electron chi connectivity index (χ1n) is 11.2. The molecule has 0 aliphatic carbocycles. The summed E-state index contributed by atoms with van der Waals surface area (Å²) in [6.07, 6.45) is 1.54. The standard InChI is InChI=1S/C23H31F2N5O4/c1-4-5-11-29(19-20(26)30(13-14(2)3)23(34)28-22(19)33)18(31)7-6-10-27-21(32)16-9-8-15(24)12-17(16)25/h8-9,12,14H,4-7,10-11,13,26H2,1-3H3,(H,27,32)(H,28,33,34). The monoisotopic (exact) mass is 479 g/mol. The van der Waals surface area contributed by atoms with Crippen molar-refractivity contribution in [2.75, 3.05) is 23.7 Å². The highest BCUT2D eigenvalue weighted by Gasteiger charge is 2.24. The van der Waals surface area contributed by atoms with Crippen molar-refractivity contribution in [3.63, 3.8) is 0 Å². The number of aromatic nitrogens is 2. The minimum absolute atomic E-state index is 0.0297. The van der Waals surface area contributed by atoms with Gasteiger partial charge in [-0.1, -0.05) is 27.2 Å². The van der Waals surface area contributed by atoms with Crippen LogP contribution in [0.25, 0.3) is 0 Å². The van der Waals surface area contributed by atoms with Gasteiger partial charge in [0.05, 0.1) is 5.56 Å². The Kier molecular flexibility index (Phi) is 9.52. The number of nitrogens with zero attached hydrogens (tertiary/aromatic N) is 2. The molecule has 186 valence electrons. The highest BCUT2D eigenvalue weighted by molar-refractivity contribution is 5.96. The van der Waals surface area contributed by atoms with Gasteiger partial charge >= 0.3 is 5.69 Å². The molecule has 0 spiro atoms. The molecule has 0 aliphatic heterocycles. The fourth-order valence-corrected chi connectivity index (χ4v) is 3.41. The molecule has 0 saturated carbocycles. The molecule has 0 radical (unpaired) electrons. The van der Waals surface area contributed by atoms with Gasteiger partial charge in [0.25, 0.3) is 11.5 Å². The van der Waals surface area contributed by atoms with E-state index in [1.165, 1.54) is 9.47 Å². The van der Waals surface area contributed by atoms with Crippen LogP contribution < -0.4 is 27.2 Å². The number of unbranched alkanes of at least 4 members (excludes halogenated alkanes) is 1. The zero-order chi connectivity index (χ0) is 25.4. The molecule has 1 aromatic carbocycles. The molecule has 2 aromatic rings. The van der Waals surface area contributed by atoms with Gasteiger partial charge < -0.3 is 16.0 Å². The number of nitrogens with one attached hydrogen (secondary N) is 2. The summed E-state index contributed by atoms with van der Waals surface area (Å²) < 4.78 is 28.0. The molecule has 9 nitrogen and oxygen atoms in total. The fraction of sp³-hybridized carbons (Fsp3) is 0.478. The maximum atomic E-state index is 13.7. The Morgan fingerprint density at radius 3 is 2.53 bits per heavy atom. The molecule has 0 fully saturated rings. The molecule has 0 bridgehead atoms. The van der Waals surface area contributed by atoms with Gasteiger partial charge in [-0.05, 0) is 30.9 Å². The smallest absolute Gasteiger partial charge is 0.330 e. The number of nitrogens with two attached hydrogens (primary N) is 1. The third-order valence-corrected chi connectivity index (χ3v) is 5.10. The number of nitrogen functional groups attached to an aromatic ring is 1. The van der Waals surface area contributed by atoms with Crippen LogP contribution >= 0.6 is 0 Å². The number of amides is 2. The fourth-order valence-electron chi connectivity index (χ4n) is 3.41. The van der Waals surface area contributed by atoms with Crippen molar-refractivity contribution in [3.8, 4) is 0 Å². The predicted molar refractivity (Wildman–Crippen MR) is 126 cm³/mol. The number of aromatic amines is 1. The van der Waals surface area contributed by atoms with Gasteiger partial charge in [0.2, 0.25) is 5.91 Å². The molecule has 2 amide bonds. The summed E-state index contributed by atoms with van der Waals surface area (Å²) in [4.78, 5) is 53.4. The lowest BCUT2D eigenvalue weighted by atomic mass is 10.2. The third-order valence-electron chi connectivity index (χ3n) is 5.10. The largest absolute Gasteiger partial charge is 0.383 e. The van der Waals surface area contributed by atoms with Crippen molar-refractivity contribution in [3.05, 3.63) is 56.2 Å². The van der Waals surface area contributed by atoms with E-state index in [1.807, 2.05) is 20.8 Å². The predicted octanol–water partition coefficient (Wildman–Crippen LogP) is 2.40. The van der Waals surface area contributed by atoms with Gasteiger partial charge in [-0.3, -0.25) is 23.9 Å². The number of hydrogen-bond donors (Lipinski definition) is 3. The SMILES string of the molecule is CCCCN(C(=O)CCCNC(=O)c1ccc(F)cc1F)c1c(N)n(CC(C)C)c(=O)[nH]c1=O. The van der Waals surface area contributed by atoms with Crippen LogP contribution in [0.2, 0.25) is 0 Å². The number of carbonyl (C=O) groups excluding carboxylic acids is 2. The van der Waals surface area contributed by atoms with E-state index in [-0.39, 0.29) is 55.5 Å². The number of hydrogen-bond acceptors (Lipinski definition) is 5. The van der Waals surface area contributed by atoms with Crippen molar-refractivity contribution in [2.24, 2.45) is 5.92 Å². The van der Waals surface area contributed by atoms with Gasteiger partial charge in [-0.2, -0.15) is 0 Å². The lowest BCUT2D eigenvalue weighted by Crippen LogP contribution is -2.42. The van der Waals surface area contributed by atoms with Crippen molar-refractivity contribution in [1.82, 2.24) is 14.9 Å². The van der Waals surface area contributed by atoms with E-state index in [1.54, 1.807) is 0 Å². The Morgan fingerprint density at radius 1 is 1.21 bits per heavy atom. The highest BCUT2D eigenvalue weighted by atomic mass is 19.1. The lowest BCUT2D eigenvalue weighted by Gasteiger charge is -2.25. The average molecular weight is 480 g/mol. The summed E-state index contributed by atoms with van der Waals surface area (Å²) in [6, 6.07) is 2.64. The molecular weight excluding hydrogens is 448 g/mol. The quantitative estimate of drug-likeness (QED) is 0.426. The van der Waals surface area contributed by atoms with Gasteiger partial charge in [0.15, 0.2) is 5.69 Å². The Labute approximate surface area is 196 Å². The first-order chi connectivity index (χ1) is 16.1. The molecule has 34 heavy (non-hydrogen) atoms. The minimum Gasteiger partial charge on any atom is -0.383 e. The van der Waals surface area contributed by atoms with E-state index < -0.39 is 34.7 Å². The number of carbonyl (C=O) groups is 2. The van der Waals surface area contributed by atoms with Crippen molar-refractivity contribution >= 4 is 23.3 Å². The number of rotatable bonds is 11. The van der Waals surface area contributed by atoms with Gasteiger partial charge in [0, 0.05) is 32.1 Å². The molecule has 11 heteroatoms. The van der Waals surface area contributed by atoms with Crippen molar-refractivity contribution in [2.45, 2.75) is 53.0 Å². The maximum Gasteiger partial charge on any atom is 0.330 e. The van der Waals surface area contributed by atoms with E-state index in [0.29, 0.717) is 12.5 Å². The first kappa shape index (κ1) is 26.7. The zero-order valence-corrected chi connectivity index (χ0v) is 19.6. The molecule has 0 aliphatic rings. The van der Waals surface area contributed by atoms with E-state index in [9.17, 15) is 28.0 Å². The second kappa shape index (κ2) is 12.1. The minimum atomic E-state index is -0.981. The van der Waals surface area contributed by atoms with Gasteiger partial charge in [0.1, 0.15) is 17.5 Å². The first-order valence-corrected chi connectivity index (χ1v) is 11.2. The molecule has 1 heterocycles. The zero-order valence-electron chi connectivity index (χ0n) is 19.6. The summed E-state index contributed by atoms with van der Waals surface area (Å²) in [7, 11) is 0. The van der Waals surface area contributed by atoms with Crippen LogP contribution in [0.1, 0.15) is 56.8 Å². The summed E-state index contributed by atoms with van der Waals surface area (Å²) in [5, 5.41) is 2.49. The average Bonchev–Trinajstić information content (AvgIpc) is 2.75. The normalized spacial score (nSPS) is 11.0. The summed E-state index contributed by atoms with van der Waals surface area (Å²) in [5.41, 5.74) is 4.40. The van der Waals surface area contributed by atoms with Crippen LogP contribution in [0.3, 0.4) is 0 Å². The Bertz CT molecular complexity index is 1140. The van der Waals surface area contributed by atoms with Crippen molar-refractivity contribution < 1.29 is 18.4 Å². The topological polar surface area (TPSA) is 130 Å². The molecule has 0 atom stereocenters. The van der Waals surface area contributed by atoms with E-state index in [0.717, 1.165) is 18.6 Å². The Hall–Kier alpha value is -3.50. The number of anilines is 2. The van der Waals surface area contributed by atoms with Crippen LogP contribution in [-0.2, 0) is 11.3 Å². The number of benzene rings is 1. The summed E-state index contributed by atoms with van der Waals surface area (Å²) >= 11 is 0. The van der Waals surface area contributed by atoms with Crippen LogP contribution in [0, 0.1) is 17.6 Å². The van der Waals surface area contributed by atoms with Gasteiger partial charge in [-0.15, -0.1) is 0 Å². The van der Waals surface area contributed by atoms with Crippen LogP contribution in [0.4, 0.5) is 20.3 Å². The Morgan fingerprint density at radius 2 is 1.91 bits per heavy atom. The summed E-state index contributed by atoms with van der Waals surface area (Å²) in [6.45, 7) is 6.28. The molecule has 0 saturated heterocycles. The second-order valence-electron chi connectivity index (χ2n) is 8.38. The molecule has 2 rings (SSSR count). The molecule has 0 unspecified atom stereocenters. The lowest BCUT2D eigenvalue weighted by molar-refractivity contribution is -0.118. The van der Waals surface area contributed by atoms with E-state index in [2.05, 4.69) is 10.3 Å². The van der Waals surface area contributed by atoms with Crippen LogP contribution in [0.15, 0.2) is 27.8 Å². The molecule has 4 N–H and O–H groups in total. The number of H-pyrrole nitrogens is 1. The number of halogens is 2. The van der Waals surface area contributed by atoms with Crippen LogP contribution in [0.5, 0.6) is 0 Å². The Balaban J connectivity index is 2.13. The molecule has 1 aromatic heterocycles. The van der Waals surface area contributed by atoms with Crippen molar-refractivity contribution in [1.29, 1.82) is 0 Å². The van der Waals surface area contributed by atoms with E-state index in [4.69, 9.17) is 5.73 Å². The molecular formula is C23H31F2N5O4. The van der Waals surface area contributed by atoms with Crippen LogP contribution in [-0.4, -0.2) is 34.5 Å².